The topological polar surface area (TPSA) is 75.1 Å². The molecule has 4 rings (SSSR count). The predicted octanol–water partition coefficient (Wildman–Crippen LogP) is 5.34. The van der Waals surface area contributed by atoms with E-state index in [0.29, 0.717) is 22.9 Å². The van der Waals surface area contributed by atoms with E-state index in [1.54, 1.807) is 37.3 Å². The van der Waals surface area contributed by atoms with Gasteiger partial charge < -0.3 is 24.4 Å². The van der Waals surface area contributed by atoms with Crippen LogP contribution >= 0.6 is 11.3 Å². The molecule has 1 N–H and O–H groups in total. The van der Waals surface area contributed by atoms with Crippen LogP contribution in [-0.2, 0) is 0 Å². The van der Waals surface area contributed by atoms with E-state index >= 15 is 0 Å². The highest BCUT2D eigenvalue weighted by Crippen LogP contribution is 2.39. The van der Waals surface area contributed by atoms with Crippen LogP contribution in [0.25, 0.3) is 31.9 Å². The molecule has 1 amide bonds. The number of rotatable bonds is 7. The number of aromatic nitrogens is 1. The molecular formula is C26H27N3O4S. The Balaban J connectivity index is 1.59. The number of thiazole rings is 1. The van der Waals surface area contributed by atoms with Crippen molar-refractivity contribution in [1.82, 2.24) is 14.8 Å². The van der Waals surface area contributed by atoms with Crippen LogP contribution in [0, 0.1) is 0 Å². The van der Waals surface area contributed by atoms with Gasteiger partial charge in [-0.3, -0.25) is 0 Å². The van der Waals surface area contributed by atoms with Crippen LogP contribution in [0.1, 0.15) is 0 Å². The molecule has 0 saturated carbocycles. The molecule has 0 spiro atoms. The molecule has 0 aliphatic carbocycles. The Bertz CT molecular complexity index is 1320. The standard InChI is InChI=1S/C26H27N3O4S/c1-28(2)12-13-29(3)26(31)33-20-9-10-22-24(16-20)34-25(27-22)21-15-18(8-11-23(21)30)17-6-5-7-19(14-17)32-4/h5-11,14-16,30H,12-13H2,1-4H3. The van der Waals surface area contributed by atoms with Crippen LogP contribution in [-0.4, -0.2) is 67.3 Å². The lowest BCUT2D eigenvalue weighted by Gasteiger charge is -2.19. The fraction of sp³-hybridized carbons (Fsp3) is 0.231. The van der Waals surface area contributed by atoms with Crippen molar-refractivity contribution in [2.24, 2.45) is 0 Å². The van der Waals surface area contributed by atoms with Crippen LogP contribution in [0.15, 0.2) is 60.7 Å². The molecule has 0 atom stereocenters. The van der Waals surface area contributed by atoms with Gasteiger partial charge in [0.2, 0.25) is 0 Å². The summed E-state index contributed by atoms with van der Waals surface area (Å²) in [5.41, 5.74) is 3.34. The smallest absolute Gasteiger partial charge is 0.415 e. The van der Waals surface area contributed by atoms with Crippen molar-refractivity contribution in [1.29, 1.82) is 0 Å². The first kappa shape index (κ1) is 23.5. The molecular weight excluding hydrogens is 450 g/mol. The second kappa shape index (κ2) is 10.1. The van der Waals surface area contributed by atoms with Gasteiger partial charge in [-0.1, -0.05) is 18.2 Å². The first-order chi connectivity index (χ1) is 16.3. The first-order valence-corrected chi connectivity index (χ1v) is 11.6. The van der Waals surface area contributed by atoms with E-state index in [9.17, 15) is 9.90 Å². The molecule has 0 unspecified atom stereocenters. The molecule has 34 heavy (non-hydrogen) atoms. The third kappa shape index (κ3) is 5.30. The molecule has 3 aromatic carbocycles. The number of carbonyl (C=O) groups is 1. The molecule has 1 heterocycles. The Kier molecular flexibility index (Phi) is 7.00. The zero-order valence-electron chi connectivity index (χ0n) is 19.6. The van der Waals surface area contributed by atoms with Crippen molar-refractivity contribution >= 4 is 27.6 Å². The summed E-state index contributed by atoms with van der Waals surface area (Å²) in [7, 11) is 7.26. The van der Waals surface area contributed by atoms with Crippen molar-refractivity contribution in [3.05, 3.63) is 60.7 Å². The molecule has 0 saturated heterocycles. The monoisotopic (exact) mass is 477 g/mol. The van der Waals surface area contributed by atoms with E-state index in [1.165, 1.54) is 11.3 Å². The molecule has 0 aliphatic heterocycles. The fourth-order valence-electron chi connectivity index (χ4n) is 3.39. The maximum Gasteiger partial charge on any atom is 0.415 e. The number of phenols is 1. The Morgan fingerprint density at radius 1 is 0.971 bits per heavy atom. The zero-order chi connectivity index (χ0) is 24.2. The second-order valence-corrected chi connectivity index (χ2v) is 9.24. The minimum Gasteiger partial charge on any atom is -0.507 e. The normalized spacial score (nSPS) is 11.1. The fourth-order valence-corrected chi connectivity index (χ4v) is 4.41. The number of phenolic OH excluding ortho intramolecular Hbond substituents is 1. The molecule has 0 aliphatic rings. The van der Waals surface area contributed by atoms with Gasteiger partial charge in [-0.25, -0.2) is 9.78 Å². The second-order valence-electron chi connectivity index (χ2n) is 8.21. The van der Waals surface area contributed by atoms with Crippen LogP contribution in [0.5, 0.6) is 17.2 Å². The van der Waals surface area contributed by atoms with Gasteiger partial charge in [-0.05, 0) is 61.6 Å². The summed E-state index contributed by atoms with van der Waals surface area (Å²) in [6.45, 7) is 1.32. The first-order valence-electron chi connectivity index (χ1n) is 10.8. The van der Waals surface area contributed by atoms with E-state index < -0.39 is 6.09 Å². The number of hydrogen-bond acceptors (Lipinski definition) is 7. The van der Waals surface area contributed by atoms with Gasteiger partial charge in [0.25, 0.3) is 0 Å². The Morgan fingerprint density at radius 2 is 1.76 bits per heavy atom. The Hall–Kier alpha value is -3.62. The van der Waals surface area contributed by atoms with Crippen molar-refractivity contribution in [3.63, 3.8) is 0 Å². The summed E-state index contributed by atoms with van der Waals surface area (Å²) < 4.78 is 11.7. The molecule has 0 radical (unpaired) electrons. The van der Waals surface area contributed by atoms with E-state index in [2.05, 4.69) is 0 Å². The van der Waals surface area contributed by atoms with Gasteiger partial charge in [0, 0.05) is 26.2 Å². The summed E-state index contributed by atoms with van der Waals surface area (Å²) in [6, 6.07) is 18.6. The van der Waals surface area contributed by atoms with Gasteiger partial charge in [-0.2, -0.15) is 0 Å². The Morgan fingerprint density at radius 3 is 2.53 bits per heavy atom. The van der Waals surface area contributed by atoms with Crippen LogP contribution in [0.3, 0.4) is 0 Å². The number of hydrogen-bond donors (Lipinski definition) is 1. The number of carbonyl (C=O) groups excluding carboxylic acids is 1. The number of likely N-dealkylation sites (N-methyl/N-ethyl adjacent to an activating group) is 2. The number of amides is 1. The van der Waals surface area contributed by atoms with Gasteiger partial charge in [0.05, 0.1) is 22.9 Å². The van der Waals surface area contributed by atoms with Crippen LogP contribution in [0.2, 0.25) is 0 Å². The van der Waals surface area contributed by atoms with Gasteiger partial charge in [-0.15, -0.1) is 11.3 Å². The number of methoxy groups -OCH3 is 1. The third-order valence-corrected chi connectivity index (χ3v) is 6.44. The quantitative estimate of drug-likeness (QED) is 0.387. The Labute approximate surface area is 202 Å². The van der Waals surface area contributed by atoms with E-state index in [-0.39, 0.29) is 5.75 Å². The lowest BCUT2D eigenvalue weighted by molar-refractivity contribution is 0.159. The number of nitrogens with zero attached hydrogens (tertiary/aromatic N) is 3. The molecule has 1 aromatic heterocycles. The highest BCUT2D eigenvalue weighted by molar-refractivity contribution is 7.21. The van der Waals surface area contributed by atoms with Crippen molar-refractivity contribution < 1.29 is 19.4 Å². The summed E-state index contributed by atoms with van der Waals surface area (Å²) in [5, 5.41) is 11.2. The predicted molar refractivity (Wildman–Crippen MR) is 136 cm³/mol. The highest BCUT2D eigenvalue weighted by atomic mass is 32.1. The van der Waals surface area contributed by atoms with E-state index in [0.717, 1.165) is 33.6 Å². The highest BCUT2D eigenvalue weighted by Gasteiger charge is 2.15. The number of ether oxygens (including phenoxy) is 2. The van der Waals surface area contributed by atoms with Crippen LogP contribution < -0.4 is 9.47 Å². The van der Waals surface area contributed by atoms with Gasteiger partial charge >= 0.3 is 6.09 Å². The van der Waals surface area contributed by atoms with E-state index in [1.807, 2.05) is 61.5 Å². The summed E-state index contributed by atoms with van der Waals surface area (Å²) >= 11 is 1.43. The minimum absolute atomic E-state index is 0.153. The van der Waals surface area contributed by atoms with E-state index in [4.69, 9.17) is 14.5 Å². The maximum atomic E-state index is 12.4. The molecule has 7 nitrogen and oxygen atoms in total. The number of fused-ring (bicyclic) bond motifs is 1. The third-order valence-electron chi connectivity index (χ3n) is 5.39. The minimum atomic E-state index is -0.408. The average molecular weight is 478 g/mol. The summed E-state index contributed by atoms with van der Waals surface area (Å²) in [4.78, 5) is 20.6. The van der Waals surface area contributed by atoms with Crippen LogP contribution in [0.4, 0.5) is 4.79 Å². The summed E-state index contributed by atoms with van der Waals surface area (Å²) in [5.74, 6) is 1.38. The van der Waals surface area contributed by atoms with Crippen molar-refractivity contribution in [3.8, 4) is 38.9 Å². The molecule has 8 heteroatoms. The average Bonchev–Trinajstić information content (AvgIpc) is 3.26. The number of aromatic hydroxyl groups is 1. The molecule has 0 bridgehead atoms. The van der Waals surface area contributed by atoms with Gasteiger partial charge in [0.15, 0.2) is 0 Å². The zero-order valence-corrected chi connectivity index (χ0v) is 20.4. The van der Waals surface area contributed by atoms with Crippen molar-refractivity contribution in [2.75, 3.05) is 41.3 Å². The molecule has 4 aromatic rings. The maximum absolute atomic E-state index is 12.4. The lowest BCUT2D eigenvalue weighted by Crippen LogP contribution is -2.35. The lowest BCUT2D eigenvalue weighted by atomic mass is 10.0. The molecule has 176 valence electrons. The van der Waals surface area contributed by atoms with Gasteiger partial charge in [0.1, 0.15) is 22.3 Å². The van der Waals surface area contributed by atoms with Crippen molar-refractivity contribution in [2.45, 2.75) is 0 Å². The SMILES string of the molecule is COc1cccc(-c2ccc(O)c(-c3nc4ccc(OC(=O)N(C)CCN(C)C)cc4s3)c2)c1. The summed E-state index contributed by atoms with van der Waals surface area (Å²) in [6.07, 6.45) is -0.408. The number of benzene rings is 3. The molecule has 0 fully saturated rings. The largest absolute Gasteiger partial charge is 0.507 e.